The molecule has 0 radical (unpaired) electrons. The van der Waals surface area contributed by atoms with Crippen molar-refractivity contribution in [2.24, 2.45) is 0 Å². The normalized spacial score (nSPS) is 21.2. The Kier molecular flexibility index (Phi) is 4.66. The number of rotatable bonds is 3. The molecule has 158 valence electrons. The zero-order chi connectivity index (χ0) is 21.7. The molecule has 0 saturated carbocycles. The minimum atomic E-state index is -0.961. The van der Waals surface area contributed by atoms with Gasteiger partial charge in [-0.2, -0.15) is 0 Å². The van der Waals surface area contributed by atoms with Crippen molar-refractivity contribution in [1.82, 2.24) is 15.1 Å². The standard InChI is InChI=1S/C23H20FN3O4/c24-16-3-1-13(2-4-16)11-26-8-7-14-9-17-18(10-15(14)12-26)23(31)27(22(17)30)19-5-6-20(28)25-21(19)29/h1-4,9-10,19H,5-8,11-12H2,(H,25,28,29). The Bertz CT molecular complexity index is 1130. The van der Waals surface area contributed by atoms with E-state index in [2.05, 4.69) is 10.2 Å². The molecule has 1 fully saturated rings. The molecule has 2 aromatic rings. The van der Waals surface area contributed by atoms with Gasteiger partial charge in [-0.3, -0.25) is 34.3 Å². The van der Waals surface area contributed by atoms with Crippen LogP contribution < -0.4 is 5.32 Å². The van der Waals surface area contributed by atoms with Crippen LogP contribution in [0, 0.1) is 5.82 Å². The molecule has 3 heterocycles. The minimum absolute atomic E-state index is 0.0959. The third-order valence-electron chi connectivity index (χ3n) is 6.17. The van der Waals surface area contributed by atoms with Crippen molar-refractivity contribution in [2.45, 2.75) is 38.4 Å². The third kappa shape index (κ3) is 3.42. The molecule has 3 aliphatic rings. The van der Waals surface area contributed by atoms with Gasteiger partial charge in [-0.15, -0.1) is 0 Å². The van der Waals surface area contributed by atoms with E-state index in [0.717, 1.165) is 34.6 Å². The molecule has 8 heteroatoms. The largest absolute Gasteiger partial charge is 0.295 e. The zero-order valence-electron chi connectivity index (χ0n) is 16.7. The smallest absolute Gasteiger partial charge is 0.262 e. The fourth-order valence-electron chi connectivity index (χ4n) is 4.57. The number of nitrogens with one attached hydrogen (secondary N) is 1. The minimum Gasteiger partial charge on any atom is -0.295 e. The Labute approximate surface area is 177 Å². The fourth-order valence-corrected chi connectivity index (χ4v) is 4.57. The summed E-state index contributed by atoms with van der Waals surface area (Å²) in [6, 6.07) is 8.96. The molecule has 0 spiro atoms. The Morgan fingerprint density at radius 3 is 2.29 bits per heavy atom. The van der Waals surface area contributed by atoms with E-state index < -0.39 is 29.7 Å². The summed E-state index contributed by atoms with van der Waals surface area (Å²) in [5.41, 5.74) is 3.61. The van der Waals surface area contributed by atoms with E-state index in [9.17, 15) is 23.6 Å². The van der Waals surface area contributed by atoms with Crippen molar-refractivity contribution >= 4 is 23.6 Å². The van der Waals surface area contributed by atoms with Crippen molar-refractivity contribution in [3.8, 4) is 0 Å². The van der Waals surface area contributed by atoms with Crippen molar-refractivity contribution in [3.05, 3.63) is 70.0 Å². The van der Waals surface area contributed by atoms with Gasteiger partial charge in [0.1, 0.15) is 11.9 Å². The van der Waals surface area contributed by atoms with Crippen LogP contribution in [0.1, 0.15) is 50.2 Å². The molecule has 5 rings (SSSR count). The molecule has 2 aromatic carbocycles. The Balaban J connectivity index is 1.38. The van der Waals surface area contributed by atoms with E-state index in [-0.39, 0.29) is 18.7 Å². The Hall–Kier alpha value is -3.39. The summed E-state index contributed by atoms with van der Waals surface area (Å²) in [7, 11) is 0. The number of carbonyl (C=O) groups is 4. The summed E-state index contributed by atoms with van der Waals surface area (Å²) in [5.74, 6) is -2.25. The van der Waals surface area contributed by atoms with E-state index in [1.807, 2.05) is 0 Å². The average Bonchev–Trinajstić information content (AvgIpc) is 2.98. The Morgan fingerprint density at radius 2 is 1.61 bits per heavy atom. The highest BCUT2D eigenvalue weighted by atomic mass is 19.1. The summed E-state index contributed by atoms with van der Waals surface area (Å²) >= 11 is 0. The molecule has 4 amide bonds. The van der Waals surface area contributed by atoms with Crippen LogP contribution in [-0.4, -0.2) is 46.0 Å². The van der Waals surface area contributed by atoms with E-state index in [4.69, 9.17) is 0 Å². The zero-order valence-corrected chi connectivity index (χ0v) is 16.7. The van der Waals surface area contributed by atoms with Gasteiger partial charge in [-0.05, 0) is 53.8 Å². The summed E-state index contributed by atoms with van der Waals surface area (Å²) in [6.45, 7) is 2.05. The maximum absolute atomic E-state index is 13.1. The third-order valence-corrected chi connectivity index (χ3v) is 6.17. The van der Waals surface area contributed by atoms with E-state index in [1.165, 1.54) is 12.1 Å². The lowest BCUT2D eigenvalue weighted by atomic mass is 9.94. The maximum atomic E-state index is 13.1. The molecule has 1 N–H and O–H groups in total. The van der Waals surface area contributed by atoms with Crippen molar-refractivity contribution < 1.29 is 23.6 Å². The number of imide groups is 2. The van der Waals surface area contributed by atoms with Gasteiger partial charge in [0.25, 0.3) is 11.8 Å². The lowest BCUT2D eigenvalue weighted by molar-refractivity contribution is -0.136. The van der Waals surface area contributed by atoms with Gasteiger partial charge < -0.3 is 0 Å². The summed E-state index contributed by atoms with van der Waals surface area (Å²) in [4.78, 5) is 52.8. The molecule has 0 aliphatic carbocycles. The average molecular weight is 421 g/mol. The second-order valence-electron chi connectivity index (χ2n) is 8.20. The van der Waals surface area contributed by atoms with Crippen LogP contribution in [0.25, 0.3) is 0 Å². The van der Waals surface area contributed by atoms with Crippen molar-refractivity contribution in [3.63, 3.8) is 0 Å². The number of halogens is 1. The van der Waals surface area contributed by atoms with E-state index >= 15 is 0 Å². The maximum Gasteiger partial charge on any atom is 0.262 e. The van der Waals surface area contributed by atoms with Crippen LogP contribution in [0.5, 0.6) is 0 Å². The van der Waals surface area contributed by atoms with Gasteiger partial charge in [0.2, 0.25) is 11.8 Å². The molecule has 7 nitrogen and oxygen atoms in total. The summed E-state index contributed by atoms with van der Waals surface area (Å²) in [6.07, 6.45) is 0.962. The molecule has 1 unspecified atom stereocenters. The van der Waals surface area contributed by atoms with Gasteiger partial charge in [0.05, 0.1) is 11.1 Å². The SMILES string of the molecule is O=C1CCC(N2C(=O)c3cc4c(cc3C2=O)CN(Cc2ccc(F)cc2)CC4)C(=O)N1. The predicted octanol–water partition coefficient (Wildman–Crippen LogP) is 1.79. The number of nitrogens with zero attached hydrogens (tertiary/aromatic N) is 2. The predicted molar refractivity (Wildman–Crippen MR) is 107 cm³/mol. The Morgan fingerprint density at radius 1 is 0.935 bits per heavy atom. The topological polar surface area (TPSA) is 86.8 Å². The summed E-state index contributed by atoms with van der Waals surface area (Å²) in [5, 5.41) is 2.21. The van der Waals surface area contributed by atoms with Gasteiger partial charge in [0.15, 0.2) is 0 Å². The molecule has 31 heavy (non-hydrogen) atoms. The number of benzene rings is 2. The van der Waals surface area contributed by atoms with Gasteiger partial charge in [-0.25, -0.2) is 4.39 Å². The molecular weight excluding hydrogens is 401 g/mol. The molecule has 3 aliphatic heterocycles. The first-order chi connectivity index (χ1) is 14.9. The van der Waals surface area contributed by atoms with Crippen molar-refractivity contribution in [1.29, 1.82) is 0 Å². The van der Waals surface area contributed by atoms with E-state index in [1.54, 1.807) is 24.3 Å². The number of piperidine rings is 1. The highest BCUT2D eigenvalue weighted by Gasteiger charge is 2.45. The van der Waals surface area contributed by atoms with Crippen LogP contribution in [-0.2, 0) is 29.1 Å². The first-order valence-corrected chi connectivity index (χ1v) is 10.2. The molecule has 0 bridgehead atoms. The second kappa shape index (κ2) is 7.39. The lowest BCUT2D eigenvalue weighted by Gasteiger charge is -2.29. The molecular formula is C23H20FN3O4. The monoisotopic (exact) mass is 421 g/mol. The first kappa shape index (κ1) is 19.6. The highest BCUT2D eigenvalue weighted by Crippen LogP contribution is 2.32. The fraction of sp³-hybridized carbons (Fsp3) is 0.304. The number of amides is 4. The first-order valence-electron chi connectivity index (χ1n) is 10.2. The van der Waals surface area contributed by atoms with Crippen LogP contribution in [0.4, 0.5) is 4.39 Å². The number of hydrogen-bond donors (Lipinski definition) is 1. The molecule has 1 atom stereocenters. The van der Waals surface area contributed by atoms with Crippen LogP contribution in [0.2, 0.25) is 0 Å². The number of carbonyl (C=O) groups excluding carboxylic acids is 4. The number of hydrogen-bond acceptors (Lipinski definition) is 5. The van der Waals surface area contributed by atoms with Crippen molar-refractivity contribution in [2.75, 3.05) is 6.54 Å². The van der Waals surface area contributed by atoms with Gasteiger partial charge >= 0.3 is 0 Å². The van der Waals surface area contributed by atoms with E-state index in [0.29, 0.717) is 24.2 Å². The van der Waals surface area contributed by atoms with Crippen LogP contribution >= 0.6 is 0 Å². The highest BCUT2D eigenvalue weighted by molar-refractivity contribution is 6.23. The lowest BCUT2D eigenvalue weighted by Crippen LogP contribution is -2.54. The van der Waals surface area contributed by atoms with Crippen LogP contribution in [0.15, 0.2) is 36.4 Å². The quantitative estimate of drug-likeness (QED) is 0.764. The number of fused-ring (bicyclic) bond motifs is 2. The molecule has 1 saturated heterocycles. The van der Waals surface area contributed by atoms with Gasteiger partial charge in [-0.1, -0.05) is 12.1 Å². The summed E-state index contributed by atoms with van der Waals surface area (Å²) < 4.78 is 13.1. The molecule has 0 aromatic heterocycles. The second-order valence-corrected chi connectivity index (χ2v) is 8.20. The van der Waals surface area contributed by atoms with Crippen LogP contribution in [0.3, 0.4) is 0 Å². The van der Waals surface area contributed by atoms with Gasteiger partial charge in [0, 0.05) is 26.1 Å².